The standard InChI is InChI=1S/C18H26N4S/c1-11(2)21-12-6-8-13(9-7-12)22-17-16-14-4-3-5-15(14)23-18(16)20-10-19-17/h10-13,21H,3-9H2,1-2H3,(H,19,20,22)/t12-,13-. The van der Waals surface area contributed by atoms with Gasteiger partial charge >= 0.3 is 0 Å². The first kappa shape index (κ1) is 15.3. The fourth-order valence-corrected chi connectivity index (χ4v) is 5.34. The molecule has 2 N–H and O–H groups in total. The molecule has 2 aromatic heterocycles. The predicted octanol–water partition coefficient (Wildman–Crippen LogP) is 3.90. The number of hydrogen-bond donors (Lipinski definition) is 2. The number of nitrogens with zero attached hydrogens (tertiary/aromatic N) is 2. The smallest absolute Gasteiger partial charge is 0.138 e. The summed E-state index contributed by atoms with van der Waals surface area (Å²) >= 11 is 1.87. The normalized spacial score (nSPS) is 24.3. The van der Waals surface area contributed by atoms with Crippen molar-refractivity contribution < 1.29 is 0 Å². The molecule has 4 rings (SSSR count). The number of nitrogens with one attached hydrogen (secondary N) is 2. The number of anilines is 1. The van der Waals surface area contributed by atoms with E-state index in [1.807, 2.05) is 11.3 Å². The molecule has 0 saturated heterocycles. The van der Waals surface area contributed by atoms with E-state index in [9.17, 15) is 0 Å². The molecule has 23 heavy (non-hydrogen) atoms. The zero-order valence-electron chi connectivity index (χ0n) is 14.1. The maximum Gasteiger partial charge on any atom is 0.138 e. The van der Waals surface area contributed by atoms with Crippen LogP contribution in [0.15, 0.2) is 6.33 Å². The minimum atomic E-state index is 0.551. The Morgan fingerprint density at radius 1 is 1.09 bits per heavy atom. The van der Waals surface area contributed by atoms with Crippen molar-refractivity contribution in [3.05, 3.63) is 16.8 Å². The third-order valence-electron chi connectivity index (χ3n) is 5.14. The molecule has 2 heterocycles. The van der Waals surface area contributed by atoms with E-state index in [-0.39, 0.29) is 0 Å². The van der Waals surface area contributed by atoms with E-state index in [1.54, 1.807) is 6.33 Å². The van der Waals surface area contributed by atoms with Crippen molar-refractivity contribution >= 4 is 27.4 Å². The Labute approximate surface area is 142 Å². The Kier molecular flexibility index (Phi) is 4.24. The quantitative estimate of drug-likeness (QED) is 0.892. The number of thiophene rings is 1. The second-order valence-electron chi connectivity index (χ2n) is 7.27. The SMILES string of the molecule is CC(C)N[C@H]1CC[C@H](Nc2ncnc3sc4c(c23)CCC4)CC1. The van der Waals surface area contributed by atoms with E-state index in [0.717, 1.165) is 5.82 Å². The summed E-state index contributed by atoms with van der Waals surface area (Å²) in [6.07, 6.45) is 10.4. The Balaban J connectivity index is 1.49. The highest BCUT2D eigenvalue weighted by molar-refractivity contribution is 7.19. The lowest BCUT2D eigenvalue weighted by molar-refractivity contribution is 0.335. The zero-order chi connectivity index (χ0) is 15.8. The molecule has 0 bridgehead atoms. The van der Waals surface area contributed by atoms with Crippen LogP contribution in [0.25, 0.3) is 10.2 Å². The van der Waals surface area contributed by atoms with Gasteiger partial charge in [0.1, 0.15) is 17.0 Å². The van der Waals surface area contributed by atoms with Crippen molar-refractivity contribution in [1.29, 1.82) is 0 Å². The van der Waals surface area contributed by atoms with E-state index in [0.29, 0.717) is 18.1 Å². The summed E-state index contributed by atoms with van der Waals surface area (Å²) in [5, 5.41) is 8.73. The van der Waals surface area contributed by atoms with Crippen LogP contribution < -0.4 is 10.6 Å². The van der Waals surface area contributed by atoms with Crippen LogP contribution in [-0.4, -0.2) is 28.1 Å². The van der Waals surface area contributed by atoms with Gasteiger partial charge in [-0.2, -0.15) is 0 Å². The average Bonchev–Trinajstić information content (AvgIpc) is 3.09. The minimum absolute atomic E-state index is 0.551. The van der Waals surface area contributed by atoms with E-state index in [1.165, 1.54) is 65.6 Å². The third-order valence-corrected chi connectivity index (χ3v) is 6.34. The summed E-state index contributed by atoms with van der Waals surface area (Å²) in [5.74, 6) is 1.08. The molecule has 0 spiro atoms. The lowest BCUT2D eigenvalue weighted by Crippen LogP contribution is -2.40. The van der Waals surface area contributed by atoms with E-state index >= 15 is 0 Å². The van der Waals surface area contributed by atoms with Gasteiger partial charge in [-0.05, 0) is 50.5 Å². The van der Waals surface area contributed by atoms with Gasteiger partial charge in [-0.15, -0.1) is 11.3 Å². The molecule has 2 aromatic rings. The van der Waals surface area contributed by atoms with Crippen LogP contribution in [0.5, 0.6) is 0 Å². The van der Waals surface area contributed by atoms with Gasteiger partial charge in [0.2, 0.25) is 0 Å². The Bertz CT molecular complexity index is 686. The molecule has 124 valence electrons. The minimum Gasteiger partial charge on any atom is -0.367 e. The van der Waals surface area contributed by atoms with Gasteiger partial charge in [0, 0.05) is 23.0 Å². The van der Waals surface area contributed by atoms with E-state index in [2.05, 4.69) is 34.4 Å². The lowest BCUT2D eigenvalue weighted by atomic mass is 9.90. The Morgan fingerprint density at radius 3 is 2.65 bits per heavy atom. The van der Waals surface area contributed by atoms with Crippen LogP contribution in [-0.2, 0) is 12.8 Å². The number of fused-ring (bicyclic) bond motifs is 3. The summed E-state index contributed by atoms with van der Waals surface area (Å²) in [5.41, 5.74) is 1.52. The first-order valence-corrected chi connectivity index (χ1v) is 9.80. The molecular formula is C18H26N4S. The highest BCUT2D eigenvalue weighted by atomic mass is 32.1. The molecule has 0 aliphatic heterocycles. The van der Waals surface area contributed by atoms with E-state index < -0.39 is 0 Å². The maximum atomic E-state index is 4.59. The van der Waals surface area contributed by atoms with Gasteiger partial charge in [-0.1, -0.05) is 13.8 Å². The summed E-state index contributed by atoms with van der Waals surface area (Å²) < 4.78 is 0. The third kappa shape index (κ3) is 3.09. The van der Waals surface area contributed by atoms with Crippen LogP contribution >= 0.6 is 11.3 Å². The van der Waals surface area contributed by atoms with Crippen LogP contribution in [0.3, 0.4) is 0 Å². The molecule has 1 fully saturated rings. The Hall–Kier alpha value is -1.20. The second-order valence-corrected chi connectivity index (χ2v) is 8.36. The molecule has 5 heteroatoms. The molecule has 0 atom stereocenters. The molecule has 0 unspecified atom stereocenters. The summed E-state index contributed by atoms with van der Waals surface area (Å²) in [6, 6.07) is 1.82. The van der Waals surface area contributed by atoms with Crippen molar-refractivity contribution in [3.63, 3.8) is 0 Å². The van der Waals surface area contributed by atoms with Crippen molar-refractivity contribution in [1.82, 2.24) is 15.3 Å². The van der Waals surface area contributed by atoms with E-state index in [4.69, 9.17) is 0 Å². The number of rotatable bonds is 4. The van der Waals surface area contributed by atoms with Crippen molar-refractivity contribution in [2.75, 3.05) is 5.32 Å². The lowest BCUT2D eigenvalue weighted by Gasteiger charge is -2.31. The first-order valence-electron chi connectivity index (χ1n) is 8.98. The van der Waals surface area contributed by atoms with Crippen LogP contribution in [0, 0.1) is 0 Å². The van der Waals surface area contributed by atoms with Gasteiger partial charge in [-0.25, -0.2) is 9.97 Å². The van der Waals surface area contributed by atoms with Gasteiger partial charge in [-0.3, -0.25) is 0 Å². The van der Waals surface area contributed by atoms with Crippen LogP contribution in [0.4, 0.5) is 5.82 Å². The zero-order valence-corrected chi connectivity index (χ0v) is 14.9. The largest absolute Gasteiger partial charge is 0.367 e. The van der Waals surface area contributed by atoms with Crippen LogP contribution in [0.2, 0.25) is 0 Å². The molecule has 2 aliphatic rings. The molecule has 4 nitrogen and oxygen atoms in total. The molecule has 2 aliphatic carbocycles. The molecule has 0 radical (unpaired) electrons. The van der Waals surface area contributed by atoms with Gasteiger partial charge < -0.3 is 10.6 Å². The summed E-state index contributed by atoms with van der Waals surface area (Å²) in [6.45, 7) is 4.47. The van der Waals surface area contributed by atoms with Crippen molar-refractivity contribution in [2.24, 2.45) is 0 Å². The maximum absolute atomic E-state index is 4.59. The van der Waals surface area contributed by atoms with Crippen molar-refractivity contribution in [3.8, 4) is 0 Å². The molecule has 1 saturated carbocycles. The topological polar surface area (TPSA) is 49.8 Å². The van der Waals surface area contributed by atoms with Crippen LogP contribution in [0.1, 0.15) is 56.4 Å². The number of aromatic nitrogens is 2. The number of hydrogen-bond acceptors (Lipinski definition) is 5. The summed E-state index contributed by atoms with van der Waals surface area (Å²) in [7, 11) is 0. The molecular weight excluding hydrogens is 304 g/mol. The molecule has 0 aromatic carbocycles. The second kappa shape index (κ2) is 6.36. The fraction of sp³-hybridized carbons (Fsp3) is 0.667. The first-order chi connectivity index (χ1) is 11.2. The average molecular weight is 331 g/mol. The monoisotopic (exact) mass is 330 g/mol. The van der Waals surface area contributed by atoms with Gasteiger partial charge in [0.05, 0.1) is 5.39 Å². The Morgan fingerprint density at radius 2 is 1.87 bits per heavy atom. The summed E-state index contributed by atoms with van der Waals surface area (Å²) in [4.78, 5) is 11.8. The van der Waals surface area contributed by atoms with Gasteiger partial charge in [0.15, 0.2) is 0 Å². The number of aryl methyl sites for hydroxylation is 2. The predicted molar refractivity (Wildman–Crippen MR) is 97.4 cm³/mol. The van der Waals surface area contributed by atoms with Crippen molar-refractivity contribution in [2.45, 2.75) is 76.9 Å². The van der Waals surface area contributed by atoms with Gasteiger partial charge in [0.25, 0.3) is 0 Å². The fourth-order valence-electron chi connectivity index (χ4n) is 4.11. The molecule has 0 amide bonds. The highest BCUT2D eigenvalue weighted by Crippen LogP contribution is 2.39. The highest BCUT2D eigenvalue weighted by Gasteiger charge is 2.25.